The van der Waals surface area contributed by atoms with Gasteiger partial charge in [0.25, 0.3) is 10.1 Å². The van der Waals surface area contributed by atoms with E-state index in [0.29, 0.717) is 10.6 Å². The molecule has 38 heavy (non-hydrogen) atoms. The first-order valence-corrected chi connectivity index (χ1v) is 12.5. The van der Waals surface area contributed by atoms with Crippen molar-refractivity contribution in [1.82, 2.24) is 0 Å². The van der Waals surface area contributed by atoms with Crippen LogP contribution in [0.5, 0.6) is 5.75 Å². The summed E-state index contributed by atoms with van der Waals surface area (Å²) in [6.07, 6.45) is 0. The van der Waals surface area contributed by atoms with Crippen LogP contribution in [0.25, 0.3) is 10.8 Å². The minimum absolute atomic E-state index is 0.0771. The second-order valence-corrected chi connectivity index (χ2v) is 9.55. The first-order valence-electron chi connectivity index (χ1n) is 10.3. The number of phenolic OH excluding ortho intramolecular Hbond substituents is 1. The molecule has 4 aromatic carbocycles. The third-order valence-corrected chi connectivity index (χ3v) is 6.48. The van der Waals surface area contributed by atoms with Crippen molar-refractivity contribution >= 4 is 61.7 Å². The molecule has 0 unspecified atom stereocenters. The number of azo groups is 2. The molecule has 0 bridgehead atoms. The molecule has 4 rings (SSSR count). The fourth-order valence-corrected chi connectivity index (χ4v) is 4.37. The van der Waals surface area contributed by atoms with Gasteiger partial charge in [-0.3, -0.25) is 4.55 Å². The summed E-state index contributed by atoms with van der Waals surface area (Å²) in [5.41, 5.74) is -0.0485. The Kier molecular flexibility index (Phi) is 8.06. The van der Waals surface area contributed by atoms with Gasteiger partial charge in [0.1, 0.15) is 16.3 Å². The number of fused-ring (bicyclic) bond motifs is 1. The monoisotopic (exact) mass is 556 g/mol. The lowest BCUT2D eigenvalue weighted by Crippen LogP contribution is -1.99. The number of rotatable bonds is 9. The number of carbonyl (C=O) groups is 1. The molecule has 0 heterocycles. The van der Waals surface area contributed by atoms with E-state index in [2.05, 4.69) is 29.8 Å². The molecule has 0 aliphatic carbocycles. The minimum atomic E-state index is -4.67. The Morgan fingerprint density at radius 1 is 0.816 bits per heavy atom. The minimum Gasteiger partial charge on any atom is -0.505 e. The van der Waals surface area contributed by atoms with Crippen molar-refractivity contribution < 1.29 is 42.6 Å². The SMILES string of the molecule is O=C(O)c1cc(/N=N/c2ccc(SOOO)cc2)ccc1/N=N/c1cc(S(=O)(=O)O)c2ccccc2c1O. The summed E-state index contributed by atoms with van der Waals surface area (Å²) >= 11 is 0.770. The molecular weight excluding hydrogens is 540 g/mol. The molecule has 13 nitrogen and oxygen atoms in total. The predicted molar refractivity (Wildman–Crippen MR) is 134 cm³/mol. The molecular formula is C23H16N4O9S2. The zero-order valence-electron chi connectivity index (χ0n) is 18.9. The molecule has 194 valence electrons. The Hall–Kier alpha value is -4.25. The van der Waals surface area contributed by atoms with Gasteiger partial charge in [0, 0.05) is 15.7 Å². The third-order valence-electron chi connectivity index (χ3n) is 4.99. The van der Waals surface area contributed by atoms with Crippen molar-refractivity contribution in [1.29, 1.82) is 0 Å². The summed E-state index contributed by atoms with van der Waals surface area (Å²) in [5, 5.41) is 47.9. The first kappa shape index (κ1) is 26.8. The molecule has 0 atom stereocenters. The van der Waals surface area contributed by atoms with Crippen LogP contribution in [0.3, 0.4) is 0 Å². The van der Waals surface area contributed by atoms with Crippen molar-refractivity contribution in [3.05, 3.63) is 78.4 Å². The number of hydrogen-bond donors (Lipinski definition) is 4. The molecule has 0 aromatic heterocycles. The zero-order chi connectivity index (χ0) is 27.3. The highest BCUT2D eigenvalue weighted by Gasteiger charge is 2.19. The molecule has 0 amide bonds. The van der Waals surface area contributed by atoms with Gasteiger partial charge in [-0.05, 0) is 48.5 Å². The summed E-state index contributed by atoms with van der Waals surface area (Å²) < 4.78 is 37.7. The Bertz CT molecular complexity index is 1670. The number of nitrogens with zero attached hydrogens (tertiary/aromatic N) is 4. The maximum Gasteiger partial charge on any atom is 0.338 e. The summed E-state index contributed by atoms with van der Waals surface area (Å²) in [7, 11) is -4.67. The summed E-state index contributed by atoms with van der Waals surface area (Å²) in [4.78, 5) is 12.0. The fraction of sp³-hybridized carbons (Fsp3) is 0. The average Bonchev–Trinajstić information content (AvgIpc) is 2.90. The van der Waals surface area contributed by atoms with Crippen LogP contribution < -0.4 is 0 Å². The summed E-state index contributed by atoms with van der Waals surface area (Å²) in [6, 6.07) is 17.3. The van der Waals surface area contributed by atoms with Gasteiger partial charge in [0.15, 0.2) is 5.75 Å². The Morgan fingerprint density at radius 2 is 1.45 bits per heavy atom. The van der Waals surface area contributed by atoms with E-state index in [0.717, 1.165) is 18.1 Å². The van der Waals surface area contributed by atoms with Gasteiger partial charge in [-0.1, -0.05) is 29.3 Å². The molecule has 0 radical (unpaired) electrons. The lowest BCUT2D eigenvalue weighted by Gasteiger charge is -2.08. The third kappa shape index (κ3) is 6.17. The molecule has 0 aliphatic heterocycles. The van der Waals surface area contributed by atoms with Gasteiger partial charge < -0.3 is 10.2 Å². The molecule has 15 heteroatoms. The van der Waals surface area contributed by atoms with Gasteiger partial charge in [-0.15, -0.1) is 14.6 Å². The number of carboxylic acids is 1. The Balaban J connectivity index is 1.64. The zero-order valence-corrected chi connectivity index (χ0v) is 20.5. The van der Waals surface area contributed by atoms with Crippen LogP contribution in [0.1, 0.15) is 10.4 Å². The van der Waals surface area contributed by atoms with Gasteiger partial charge in [0.2, 0.25) is 0 Å². The van der Waals surface area contributed by atoms with E-state index in [1.807, 2.05) is 0 Å². The topological polar surface area (TPSA) is 200 Å². The van der Waals surface area contributed by atoms with Gasteiger partial charge in [0.05, 0.1) is 29.0 Å². The van der Waals surface area contributed by atoms with Crippen molar-refractivity contribution in [2.75, 3.05) is 0 Å². The van der Waals surface area contributed by atoms with E-state index in [9.17, 15) is 28.0 Å². The maximum absolute atomic E-state index is 11.9. The average molecular weight is 557 g/mol. The van der Waals surface area contributed by atoms with E-state index in [-0.39, 0.29) is 33.4 Å². The van der Waals surface area contributed by atoms with Crippen LogP contribution in [0.4, 0.5) is 22.7 Å². The second kappa shape index (κ2) is 11.4. The molecule has 0 spiro atoms. The number of carboxylic acid groups (broad SMARTS) is 1. The van der Waals surface area contributed by atoms with E-state index >= 15 is 0 Å². The molecule has 4 aromatic rings. The number of aromatic hydroxyl groups is 1. The fourth-order valence-electron chi connectivity index (χ4n) is 3.29. The van der Waals surface area contributed by atoms with E-state index in [4.69, 9.17) is 5.26 Å². The number of benzene rings is 4. The van der Waals surface area contributed by atoms with Crippen LogP contribution in [0.15, 0.2) is 103 Å². The molecule has 0 aliphatic rings. The Morgan fingerprint density at radius 3 is 2.11 bits per heavy atom. The van der Waals surface area contributed by atoms with Crippen LogP contribution in [-0.2, 0) is 19.5 Å². The summed E-state index contributed by atoms with van der Waals surface area (Å²) in [5.74, 6) is -1.75. The van der Waals surface area contributed by atoms with E-state index in [1.54, 1.807) is 30.3 Å². The van der Waals surface area contributed by atoms with Gasteiger partial charge in [-0.2, -0.15) is 18.6 Å². The molecule has 0 saturated carbocycles. The lowest BCUT2D eigenvalue weighted by molar-refractivity contribution is -0.432. The van der Waals surface area contributed by atoms with Crippen LogP contribution in [0, 0.1) is 0 Å². The van der Waals surface area contributed by atoms with Crippen LogP contribution in [0.2, 0.25) is 0 Å². The highest BCUT2D eigenvalue weighted by atomic mass is 32.2. The smallest absolute Gasteiger partial charge is 0.338 e. The second-order valence-electron chi connectivity index (χ2n) is 7.39. The quantitative estimate of drug-likeness (QED) is 0.0561. The van der Waals surface area contributed by atoms with E-state index < -0.39 is 26.7 Å². The highest BCUT2D eigenvalue weighted by molar-refractivity contribution is 7.94. The molecule has 0 saturated heterocycles. The standard InChI is InChI=1S/C23H16N4O9S2/c28-22-17-4-2-1-3-16(17)21(38(32,33)34)12-20(22)27-26-19-10-7-14(11-18(19)23(29)30)25-24-13-5-8-15(9-6-13)37-36-35-31/h1-12,28,31H,(H,29,30)(H,32,33,34)/b25-24+,27-26+. The van der Waals surface area contributed by atoms with Crippen molar-refractivity contribution in [3.63, 3.8) is 0 Å². The van der Waals surface area contributed by atoms with Crippen LogP contribution in [-0.4, -0.2) is 34.4 Å². The highest BCUT2D eigenvalue weighted by Crippen LogP contribution is 2.40. The summed E-state index contributed by atoms with van der Waals surface area (Å²) in [6.45, 7) is 0. The molecule has 0 fully saturated rings. The molecule has 4 N–H and O–H groups in total. The normalized spacial score (nSPS) is 12.1. The van der Waals surface area contributed by atoms with Crippen LogP contribution >= 0.6 is 12.0 Å². The van der Waals surface area contributed by atoms with Gasteiger partial charge >= 0.3 is 5.97 Å². The lowest BCUT2D eigenvalue weighted by atomic mass is 10.1. The van der Waals surface area contributed by atoms with Gasteiger partial charge in [-0.25, -0.2) is 10.1 Å². The maximum atomic E-state index is 11.9. The number of hydrogen-bond acceptors (Lipinski definition) is 12. The predicted octanol–water partition coefficient (Wildman–Crippen LogP) is 6.75. The van der Waals surface area contributed by atoms with Crippen molar-refractivity contribution in [3.8, 4) is 5.75 Å². The first-order chi connectivity index (χ1) is 18.2. The van der Waals surface area contributed by atoms with Crippen molar-refractivity contribution in [2.45, 2.75) is 9.79 Å². The largest absolute Gasteiger partial charge is 0.505 e. The number of phenols is 1. The van der Waals surface area contributed by atoms with Crippen molar-refractivity contribution in [2.24, 2.45) is 20.5 Å². The number of aromatic carboxylic acids is 1. The van der Waals surface area contributed by atoms with E-state index in [1.165, 1.54) is 36.4 Å². The Labute approximate surface area is 218 Å².